The quantitative estimate of drug-likeness (QED) is 0.562. The lowest BCUT2D eigenvalue weighted by molar-refractivity contribution is -0.120. The van der Waals surface area contributed by atoms with Crippen LogP contribution in [0.1, 0.15) is 5.56 Å². The van der Waals surface area contributed by atoms with Crippen molar-refractivity contribution in [3.05, 3.63) is 90.5 Å². The topological polar surface area (TPSA) is 104 Å². The van der Waals surface area contributed by atoms with Gasteiger partial charge in [-0.1, -0.05) is 48.5 Å². The van der Waals surface area contributed by atoms with Gasteiger partial charge in [0.25, 0.3) is 0 Å². The number of amides is 1. The molecule has 0 radical (unpaired) electrons. The number of rotatable bonds is 6. The third-order valence-corrected chi connectivity index (χ3v) is 9.41. The molecule has 3 aromatic carbocycles. The molecule has 4 rings (SSSR count). The fraction of sp³-hybridized carbons (Fsp3) is 0.208. The number of anilines is 1. The third kappa shape index (κ3) is 4.90. The minimum atomic E-state index is -4.04. The minimum absolute atomic E-state index is 0.0442. The molecule has 0 spiro atoms. The van der Waals surface area contributed by atoms with Crippen LogP contribution in [0.4, 0.5) is 5.69 Å². The maximum absolute atomic E-state index is 13.4. The largest absolute Gasteiger partial charge is 0.325 e. The van der Waals surface area contributed by atoms with Gasteiger partial charge in [-0.2, -0.15) is 8.61 Å². The van der Waals surface area contributed by atoms with Crippen LogP contribution in [0.5, 0.6) is 0 Å². The minimum Gasteiger partial charge on any atom is -0.325 e. The number of aryl methyl sites for hydroxylation is 1. The maximum atomic E-state index is 13.4. The Bertz CT molecular complexity index is 1380. The predicted molar refractivity (Wildman–Crippen MR) is 129 cm³/mol. The SMILES string of the molecule is Cc1cccc(NC(=O)C2CN(S(=O)(=O)c3ccccc3)CCN2S(=O)(=O)c2ccccc2)c1. The van der Waals surface area contributed by atoms with E-state index in [1.165, 1.54) is 28.6 Å². The molecule has 1 aliphatic heterocycles. The predicted octanol–water partition coefficient (Wildman–Crippen LogP) is 2.70. The summed E-state index contributed by atoms with van der Waals surface area (Å²) >= 11 is 0. The molecule has 1 aliphatic rings. The van der Waals surface area contributed by atoms with E-state index in [0.717, 1.165) is 9.87 Å². The molecule has 3 aromatic rings. The molecular weight excluding hydrogens is 474 g/mol. The summed E-state index contributed by atoms with van der Waals surface area (Å²) in [4.78, 5) is 13.5. The smallest absolute Gasteiger partial charge is 0.244 e. The van der Waals surface area contributed by atoms with Crippen LogP contribution in [0.15, 0.2) is 94.7 Å². The second kappa shape index (κ2) is 9.67. The molecule has 1 fully saturated rings. The van der Waals surface area contributed by atoms with Crippen LogP contribution in [0.2, 0.25) is 0 Å². The maximum Gasteiger partial charge on any atom is 0.244 e. The molecule has 34 heavy (non-hydrogen) atoms. The number of carbonyl (C=O) groups excluding carboxylic acids is 1. The highest BCUT2D eigenvalue weighted by atomic mass is 32.2. The number of nitrogens with zero attached hydrogens (tertiary/aromatic N) is 2. The van der Waals surface area contributed by atoms with Gasteiger partial charge in [-0.3, -0.25) is 4.79 Å². The molecule has 8 nitrogen and oxygen atoms in total. The highest BCUT2D eigenvalue weighted by molar-refractivity contribution is 7.89. The van der Waals surface area contributed by atoms with Crippen molar-refractivity contribution < 1.29 is 21.6 Å². The first-order valence-electron chi connectivity index (χ1n) is 10.7. The summed E-state index contributed by atoms with van der Waals surface area (Å²) in [5.74, 6) is -0.599. The van der Waals surface area contributed by atoms with Crippen LogP contribution in [0.3, 0.4) is 0 Å². The normalized spacial score (nSPS) is 17.9. The van der Waals surface area contributed by atoms with Gasteiger partial charge in [-0.05, 0) is 48.9 Å². The van der Waals surface area contributed by atoms with Crippen LogP contribution in [0.25, 0.3) is 0 Å². The van der Waals surface area contributed by atoms with Gasteiger partial charge >= 0.3 is 0 Å². The van der Waals surface area contributed by atoms with Crippen LogP contribution in [-0.4, -0.2) is 57.0 Å². The van der Waals surface area contributed by atoms with Gasteiger partial charge in [0.15, 0.2) is 0 Å². The lowest BCUT2D eigenvalue weighted by atomic mass is 10.2. The van der Waals surface area contributed by atoms with Gasteiger partial charge < -0.3 is 5.32 Å². The Labute approximate surface area is 199 Å². The van der Waals surface area contributed by atoms with Gasteiger partial charge in [0, 0.05) is 25.3 Å². The lowest BCUT2D eigenvalue weighted by Gasteiger charge is -2.38. The molecule has 1 heterocycles. The van der Waals surface area contributed by atoms with Crippen molar-refractivity contribution in [1.29, 1.82) is 0 Å². The molecule has 0 aliphatic carbocycles. The number of sulfonamides is 2. The zero-order chi connectivity index (χ0) is 24.3. The molecule has 1 atom stereocenters. The van der Waals surface area contributed by atoms with Crippen molar-refractivity contribution in [2.24, 2.45) is 0 Å². The van der Waals surface area contributed by atoms with Crippen molar-refractivity contribution in [2.45, 2.75) is 22.8 Å². The Morgan fingerprint density at radius 2 is 1.38 bits per heavy atom. The molecule has 0 bridgehead atoms. The molecule has 0 saturated carbocycles. The van der Waals surface area contributed by atoms with Crippen molar-refractivity contribution >= 4 is 31.6 Å². The fourth-order valence-corrected chi connectivity index (χ4v) is 6.93. The second-order valence-corrected chi connectivity index (χ2v) is 11.8. The summed E-state index contributed by atoms with van der Waals surface area (Å²) in [6.45, 7) is 1.34. The average Bonchev–Trinajstić information content (AvgIpc) is 2.84. The van der Waals surface area contributed by atoms with E-state index in [-0.39, 0.29) is 29.4 Å². The summed E-state index contributed by atoms with van der Waals surface area (Å²) in [6, 6.07) is 21.6. The Hall–Kier alpha value is -3.05. The van der Waals surface area contributed by atoms with E-state index in [1.807, 2.05) is 13.0 Å². The van der Waals surface area contributed by atoms with Gasteiger partial charge in [0.05, 0.1) is 9.79 Å². The average molecular weight is 500 g/mol. The molecule has 10 heteroatoms. The highest BCUT2D eigenvalue weighted by Gasteiger charge is 2.43. The van der Waals surface area contributed by atoms with E-state index in [4.69, 9.17) is 0 Å². The summed E-state index contributed by atoms with van der Waals surface area (Å²) < 4.78 is 55.5. The number of carbonyl (C=O) groups is 1. The number of benzene rings is 3. The molecular formula is C24H25N3O5S2. The lowest BCUT2D eigenvalue weighted by Crippen LogP contribution is -2.60. The molecule has 1 N–H and O–H groups in total. The summed E-state index contributed by atoms with van der Waals surface area (Å²) in [5.41, 5.74) is 1.42. The fourth-order valence-electron chi connectivity index (χ4n) is 3.88. The van der Waals surface area contributed by atoms with E-state index >= 15 is 0 Å². The summed E-state index contributed by atoms with van der Waals surface area (Å²) in [7, 11) is -7.95. The van der Waals surface area contributed by atoms with Crippen LogP contribution >= 0.6 is 0 Å². The van der Waals surface area contributed by atoms with E-state index in [9.17, 15) is 21.6 Å². The third-order valence-electron chi connectivity index (χ3n) is 5.61. The van der Waals surface area contributed by atoms with E-state index in [0.29, 0.717) is 5.69 Å². The number of hydrogen-bond acceptors (Lipinski definition) is 5. The van der Waals surface area contributed by atoms with Gasteiger partial charge in [-0.15, -0.1) is 0 Å². The first-order chi connectivity index (χ1) is 16.2. The Balaban J connectivity index is 1.69. The van der Waals surface area contributed by atoms with Crippen LogP contribution in [0, 0.1) is 6.92 Å². The van der Waals surface area contributed by atoms with Crippen molar-refractivity contribution in [2.75, 3.05) is 25.0 Å². The van der Waals surface area contributed by atoms with Gasteiger partial charge in [0.2, 0.25) is 26.0 Å². The Morgan fingerprint density at radius 1 is 0.794 bits per heavy atom. The zero-order valence-electron chi connectivity index (χ0n) is 18.5. The second-order valence-electron chi connectivity index (χ2n) is 7.98. The van der Waals surface area contributed by atoms with Crippen LogP contribution < -0.4 is 5.32 Å². The van der Waals surface area contributed by atoms with Gasteiger partial charge in [-0.25, -0.2) is 16.8 Å². The standard InChI is InChI=1S/C24H25N3O5S2/c1-19-9-8-10-20(17-19)25-24(28)23-18-26(33(29,30)21-11-4-2-5-12-21)15-16-27(23)34(31,32)22-13-6-3-7-14-22/h2-14,17,23H,15-16,18H2,1H3,(H,25,28). The van der Waals surface area contributed by atoms with Crippen molar-refractivity contribution in [1.82, 2.24) is 8.61 Å². The van der Waals surface area contributed by atoms with E-state index in [1.54, 1.807) is 54.6 Å². The molecule has 1 saturated heterocycles. The number of piperazine rings is 1. The van der Waals surface area contributed by atoms with Crippen LogP contribution in [-0.2, 0) is 24.8 Å². The molecule has 1 unspecified atom stereocenters. The number of hydrogen-bond donors (Lipinski definition) is 1. The summed E-state index contributed by atoms with van der Waals surface area (Å²) in [5, 5.41) is 2.75. The van der Waals surface area contributed by atoms with E-state index < -0.39 is 32.0 Å². The molecule has 1 amide bonds. The first kappa shape index (κ1) is 24.1. The molecule has 178 valence electrons. The highest BCUT2D eigenvalue weighted by Crippen LogP contribution is 2.26. The molecule has 0 aromatic heterocycles. The summed E-state index contributed by atoms with van der Waals surface area (Å²) in [6.07, 6.45) is 0. The van der Waals surface area contributed by atoms with E-state index in [2.05, 4.69) is 5.32 Å². The number of nitrogens with one attached hydrogen (secondary N) is 1. The van der Waals surface area contributed by atoms with Gasteiger partial charge in [0.1, 0.15) is 6.04 Å². The van der Waals surface area contributed by atoms with Crippen molar-refractivity contribution in [3.63, 3.8) is 0 Å². The Kier molecular flexibility index (Phi) is 6.85. The first-order valence-corrected chi connectivity index (χ1v) is 13.6. The Morgan fingerprint density at radius 3 is 1.97 bits per heavy atom. The monoisotopic (exact) mass is 499 g/mol. The zero-order valence-corrected chi connectivity index (χ0v) is 20.2. The van der Waals surface area contributed by atoms with Crippen molar-refractivity contribution in [3.8, 4) is 0 Å².